The molecule has 1 saturated heterocycles. The summed E-state index contributed by atoms with van der Waals surface area (Å²) in [4.78, 5) is 26.1. The molecular formula is C28H36N2O4. The Balaban J connectivity index is 1.31. The Morgan fingerprint density at radius 1 is 1.03 bits per heavy atom. The Bertz CT molecular complexity index is 1110. The van der Waals surface area contributed by atoms with Crippen LogP contribution in [0.3, 0.4) is 0 Å². The van der Waals surface area contributed by atoms with E-state index < -0.39 is 5.97 Å². The molecule has 6 heteroatoms. The van der Waals surface area contributed by atoms with Gasteiger partial charge in [0.1, 0.15) is 5.75 Å². The van der Waals surface area contributed by atoms with Crippen molar-refractivity contribution in [2.75, 3.05) is 13.1 Å². The summed E-state index contributed by atoms with van der Waals surface area (Å²) >= 11 is 0. The van der Waals surface area contributed by atoms with E-state index in [9.17, 15) is 9.59 Å². The molecule has 0 atom stereocenters. The molecule has 3 fully saturated rings. The lowest BCUT2D eigenvalue weighted by molar-refractivity contribution is 0.0696. The van der Waals surface area contributed by atoms with Crippen LogP contribution in [0.15, 0.2) is 35.3 Å². The highest BCUT2D eigenvalue weighted by Crippen LogP contribution is 2.49. The van der Waals surface area contributed by atoms with Crippen LogP contribution in [0.2, 0.25) is 0 Å². The van der Waals surface area contributed by atoms with Crippen LogP contribution in [0.5, 0.6) is 5.75 Å². The molecule has 0 radical (unpaired) electrons. The molecule has 1 aromatic heterocycles. The third kappa shape index (κ3) is 4.92. The van der Waals surface area contributed by atoms with Crippen LogP contribution < -0.4 is 10.3 Å². The maximum atomic E-state index is 12.5. The summed E-state index contributed by atoms with van der Waals surface area (Å²) in [7, 11) is 0. The standard InChI is InChI=1S/C28H36N2O4/c1-18(2)34-26-16-25(19-4-3-5-19)24(20-6-7-20)14-22(26)17-29-11-9-23(10-12-29)30-13-8-21(28(32)33)15-27(30)31/h8,13-16,18-20,23H,3-7,9-12,17H2,1-2H3,(H,32,33). The van der Waals surface area contributed by atoms with Gasteiger partial charge in [-0.3, -0.25) is 9.69 Å². The van der Waals surface area contributed by atoms with Gasteiger partial charge in [-0.25, -0.2) is 4.79 Å². The number of carbonyl (C=O) groups is 1. The highest BCUT2D eigenvalue weighted by Gasteiger charge is 2.32. The van der Waals surface area contributed by atoms with E-state index in [0.717, 1.165) is 44.1 Å². The van der Waals surface area contributed by atoms with Crippen molar-refractivity contribution in [3.8, 4) is 5.75 Å². The zero-order valence-electron chi connectivity index (χ0n) is 20.3. The molecule has 5 rings (SSSR count). The molecule has 182 valence electrons. The van der Waals surface area contributed by atoms with E-state index in [1.54, 1.807) is 16.3 Å². The molecule has 0 spiro atoms. The Hall–Kier alpha value is -2.60. The minimum absolute atomic E-state index is 0.0492. The lowest BCUT2D eigenvalue weighted by atomic mass is 9.77. The van der Waals surface area contributed by atoms with Crippen molar-refractivity contribution >= 4 is 5.97 Å². The van der Waals surface area contributed by atoms with E-state index in [-0.39, 0.29) is 23.3 Å². The lowest BCUT2D eigenvalue weighted by Crippen LogP contribution is -2.37. The molecule has 2 aliphatic carbocycles. The number of benzene rings is 1. The second-order valence-electron chi connectivity index (χ2n) is 10.6. The average Bonchev–Trinajstić information content (AvgIpc) is 3.59. The van der Waals surface area contributed by atoms with Crippen molar-refractivity contribution in [1.82, 2.24) is 9.47 Å². The van der Waals surface area contributed by atoms with Crippen molar-refractivity contribution in [2.45, 2.75) is 89.3 Å². The number of carboxylic acids is 1. The molecule has 1 N–H and O–H groups in total. The molecule has 0 amide bonds. The topological polar surface area (TPSA) is 71.8 Å². The van der Waals surface area contributed by atoms with Gasteiger partial charge in [0, 0.05) is 43.5 Å². The Labute approximate surface area is 201 Å². The van der Waals surface area contributed by atoms with E-state index in [1.165, 1.54) is 55.4 Å². The Kier molecular flexibility index (Phi) is 6.52. The molecule has 0 unspecified atom stereocenters. The number of hydrogen-bond acceptors (Lipinski definition) is 4. The summed E-state index contributed by atoms with van der Waals surface area (Å²) in [5.74, 6) is 1.42. The molecule has 2 heterocycles. The van der Waals surface area contributed by atoms with E-state index in [2.05, 4.69) is 30.9 Å². The molecule has 1 aliphatic heterocycles. The van der Waals surface area contributed by atoms with Crippen LogP contribution in [0, 0.1) is 0 Å². The molecule has 1 aromatic carbocycles. The first-order valence-electron chi connectivity index (χ1n) is 12.9. The number of ether oxygens (including phenoxy) is 1. The number of piperidine rings is 1. The van der Waals surface area contributed by atoms with Gasteiger partial charge < -0.3 is 14.4 Å². The monoisotopic (exact) mass is 464 g/mol. The minimum atomic E-state index is -1.06. The van der Waals surface area contributed by atoms with Gasteiger partial charge in [0.15, 0.2) is 0 Å². The van der Waals surface area contributed by atoms with Crippen LogP contribution in [0.4, 0.5) is 0 Å². The lowest BCUT2D eigenvalue weighted by Gasteiger charge is -2.34. The van der Waals surface area contributed by atoms with Gasteiger partial charge in [0.2, 0.25) is 0 Å². The van der Waals surface area contributed by atoms with E-state index >= 15 is 0 Å². The normalized spacial score (nSPS) is 19.9. The number of aromatic carboxylic acids is 1. The molecule has 6 nitrogen and oxygen atoms in total. The van der Waals surface area contributed by atoms with Crippen LogP contribution >= 0.6 is 0 Å². The highest BCUT2D eigenvalue weighted by atomic mass is 16.5. The van der Waals surface area contributed by atoms with Gasteiger partial charge in [-0.1, -0.05) is 12.5 Å². The quantitative estimate of drug-likeness (QED) is 0.573. The number of hydrogen-bond donors (Lipinski definition) is 1. The zero-order valence-corrected chi connectivity index (χ0v) is 20.3. The minimum Gasteiger partial charge on any atom is -0.491 e. The third-order valence-electron chi connectivity index (χ3n) is 7.73. The fourth-order valence-corrected chi connectivity index (χ4v) is 5.49. The van der Waals surface area contributed by atoms with Crippen LogP contribution in [-0.2, 0) is 6.54 Å². The molecular weight excluding hydrogens is 428 g/mol. The number of pyridine rings is 1. The van der Waals surface area contributed by atoms with E-state index in [4.69, 9.17) is 9.84 Å². The number of nitrogens with zero attached hydrogens (tertiary/aromatic N) is 2. The van der Waals surface area contributed by atoms with E-state index in [1.807, 2.05) is 0 Å². The van der Waals surface area contributed by atoms with Crippen molar-refractivity contribution in [3.05, 3.63) is 63.1 Å². The number of carboxylic acid groups (broad SMARTS) is 1. The first-order chi connectivity index (χ1) is 16.4. The van der Waals surface area contributed by atoms with Crippen molar-refractivity contribution in [1.29, 1.82) is 0 Å². The number of rotatable bonds is 8. The van der Waals surface area contributed by atoms with Crippen LogP contribution in [0.25, 0.3) is 0 Å². The van der Waals surface area contributed by atoms with Gasteiger partial charge in [0.25, 0.3) is 5.56 Å². The largest absolute Gasteiger partial charge is 0.491 e. The number of aromatic nitrogens is 1. The summed E-state index contributed by atoms with van der Waals surface area (Å²) in [6.07, 6.45) is 10.1. The van der Waals surface area contributed by atoms with Gasteiger partial charge in [0.05, 0.1) is 11.7 Å². The SMILES string of the molecule is CC(C)Oc1cc(C2CCC2)c(C2CC2)cc1CN1CCC(n2ccc(C(=O)O)cc2=O)CC1. The summed E-state index contributed by atoms with van der Waals surface area (Å²) in [6, 6.07) is 7.68. The van der Waals surface area contributed by atoms with Crippen molar-refractivity contribution < 1.29 is 14.6 Å². The zero-order chi connectivity index (χ0) is 23.8. The molecule has 0 bridgehead atoms. The maximum Gasteiger partial charge on any atom is 0.335 e. The maximum absolute atomic E-state index is 12.5. The fourth-order valence-electron chi connectivity index (χ4n) is 5.49. The average molecular weight is 465 g/mol. The smallest absolute Gasteiger partial charge is 0.335 e. The van der Waals surface area contributed by atoms with E-state index in [0.29, 0.717) is 5.92 Å². The summed E-state index contributed by atoms with van der Waals surface area (Å²) < 4.78 is 8.02. The second kappa shape index (κ2) is 9.57. The predicted octanol–water partition coefficient (Wildman–Crippen LogP) is 5.32. The van der Waals surface area contributed by atoms with Crippen molar-refractivity contribution in [2.24, 2.45) is 0 Å². The van der Waals surface area contributed by atoms with Crippen LogP contribution in [0.1, 0.15) is 104 Å². The van der Waals surface area contributed by atoms with Crippen LogP contribution in [-0.4, -0.2) is 39.7 Å². The van der Waals surface area contributed by atoms with Gasteiger partial charge >= 0.3 is 5.97 Å². The first-order valence-corrected chi connectivity index (χ1v) is 12.9. The molecule has 3 aliphatic rings. The van der Waals surface area contributed by atoms with Gasteiger partial charge in [-0.15, -0.1) is 0 Å². The molecule has 2 saturated carbocycles. The summed E-state index contributed by atoms with van der Waals surface area (Å²) in [6.45, 7) is 6.87. The Morgan fingerprint density at radius 3 is 2.26 bits per heavy atom. The second-order valence-corrected chi connectivity index (χ2v) is 10.6. The van der Waals surface area contributed by atoms with Gasteiger partial charge in [-0.05, 0) is 87.5 Å². The fraction of sp³-hybridized carbons (Fsp3) is 0.571. The highest BCUT2D eigenvalue weighted by molar-refractivity contribution is 5.87. The molecule has 2 aromatic rings. The Morgan fingerprint density at radius 2 is 1.71 bits per heavy atom. The predicted molar refractivity (Wildman–Crippen MR) is 132 cm³/mol. The van der Waals surface area contributed by atoms with Crippen molar-refractivity contribution in [3.63, 3.8) is 0 Å². The first kappa shape index (κ1) is 23.2. The summed E-state index contributed by atoms with van der Waals surface area (Å²) in [5.41, 5.74) is 4.21. The summed E-state index contributed by atoms with van der Waals surface area (Å²) in [5, 5.41) is 9.12. The molecule has 34 heavy (non-hydrogen) atoms. The number of likely N-dealkylation sites (tertiary alicyclic amines) is 1. The van der Waals surface area contributed by atoms with Gasteiger partial charge in [-0.2, -0.15) is 0 Å². The third-order valence-corrected chi connectivity index (χ3v) is 7.73.